The smallest absolute Gasteiger partial charge is 0.199 e. The van der Waals surface area contributed by atoms with Gasteiger partial charge in [0.25, 0.3) is 10.0 Å². The number of benzene rings is 2. The summed E-state index contributed by atoms with van der Waals surface area (Å²) >= 11 is 1.54. The molecule has 0 fully saturated rings. The zero-order chi connectivity index (χ0) is 18.0. The van der Waals surface area contributed by atoms with Gasteiger partial charge in [0.15, 0.2) is 0 Å². The average Bonchev–Trinajstić information content (AvgIpc) is 3.02. The van der Waals surface area contributed by atoms with Gasteiger partial charge in [-0.05, 0) is 61.7 Å². The number of rotatable bonds is 4. The van der Waals surface area contributed by atoms with Gasteiger partial charge in [-0.3, -0.25) is 0 Å². The van der Waals surface area contributed by atoms with Crippen LogP contribution in [0.25, 0.3) is 10.4 Å². The van der Waals surface area contributed by atoms with E-state index in [0.717, 1.165) is 15.3 Å². The summed E-state index contributed by atoms with van der Waals surface area (Å²) in [4.78, 5) is 2.14. The second-order valence-corrected chi connectivity index (χ2v) is 8.74. The first-order valence-electron chi connectivity index (χ1n) is 7.90. The van der Waals surface area contributed by atoms with Crippen LogP contribution in [0, 0.1) is 20.8 Å². The lowest BCUT2D eigenvalue weighted by Crippen LogP contribution is -1.97. The predicted octanol–water partition coefficient (Wildman–Crippen LogP) is 5.15. The van der Waals surface area contributed by atoms with Gasteiger partial charge in [-0.2, -0.15) is 12.8 Å². The van der Waals surface area contributed by atoms with Gasteiger partial charge in [0.1, 0.15) is 0 Å². The minimum atomic E-state index is -3.67. The molecule has 0 aliphatic carbocycles. The molecule has 2 aromatic carbocycles. The SMILES string of the molecule is Cc1ccc(S(=O)(=O)N=Cc2ccc(-c3c(C)cccc3C)s2)cc1. The molecule has 1 aromatic heterocycles. The van der Waals surface area contributed by atoms with Crippen LogP contribution in [0.15, 0.2) is 63.9 Å². The molecule has 25 heavy (non-hydrogen) atoms. The number of thiophene rings is 1. The lowest BCUT2D eigenvalue weighted by atomic mass is 10.0. The van der Waals surface area contributed by atoms with Gasteiger partial charge in [-0.1, -0.05) is 35.9 Å². The molecule has 0 radical (unpaired) electrons. The van der Waals surface area contributed by atoms with Gasteiger partial charge in [-0.25, -0.2) is 0 Å². The van der Waals surface area contributed by atoms with Crippen LogP contribution in [0.4, 0.5) is 0 Å². The molecule has 0 aliphatic heterocycles. The summed E-state index contributed by atoms with van der Waals surface area (Å²) in [6, 6.07) is 16.8. The Labute approximate surface area is 152 Å². The fraction of sp³-hybridized carbons (Fsp3) is 0.150. The fourth-order valence-corrected chi connectivity index (χ4v) is 4.63. The lowest BCUT2D eigenvalue weighted by Gasteiger charge is -2.06. The van der Waals surface area contributed by atoms with E-state index in [-0.39, 0.29) is 4.90 Å². The van der Waals surface area contributed by atoms with E-state index >= 15 is 0 Å². The summed E-state index contributed by atoms with van der Waals surface area (Å²) in [6.45, 7) is 6.08. The predicted molar refractivity (Wildman–Crippen MR) is 105 cm³/mol. The molecule has 3 rings (SSSR count). The quantitative estimate of drug-likeness (QED) is 0.597. The Morgan fingerprint density at radius 1 is 0.880 bits per heavy atom. The summed E-state index contributed by atoms with van der Waals surface area (Å²) in [5.74, 6) is 0. The van der Waals surface area contributed by atoms with Gasteiger partial charge in [0, 0.05) is 9.75 Å². The largest absolute Gasteiger partial charge is 0.282 e. The van der Waals surface area contributed by atoms with Crippen molar-refractivity contribution in [1.82, 2.24) is 0 Å². The van der Waals surface area contributed by atoms with E-state index in [1.807, 2.05) is 25.1 Å². The molecule has 1 heterocycles. The number of sulfonamides is 1. The Balaban J connectivity index is 1.88. The molecule has 0 aliphatic rings. The number of hydrogen-bond donors (Lipinski definition) is 0. The van der Waals surface area contributed by atoms with Crippen LogP contribution in [-0.2, 0) is 10.0 Å². The molecule has 0 atom stereocenters. The normalized spacial score (nSPS) is 12.0. The molecule has 0 saturated carbocycles. The standard InChI is InChI=1S/C20H19NO2S2/c1-14-7-10-18(11-8-14)25(22,23)21-13-17-9-12-19(24-17)20-15(2)5-4-6-16(20)3/h4-13H,1-3H3. The molecule has 0 amide bonds. The molecule has 0 N–H and O–H groups in total. The van der Waals surface area contributed by atoms with Crippen LogP contribution >= 0.6 is 11.3 Å². The van der Waals surface area contributed by atoms with E-state index in [0.29, 0.717) is 0 Å². The summed E-state index contributed by atoms with van der Waals surface area (Å²) in [7, 11) is -3.67. The maximum atomic E-state index is 12.3. The third-order valence-electron chi connectivity index (χ3n) is 3.99. The van der Waals surface area contributed by atoms with Crippen molar-refractivity contribution in [2.24, 2.45) is 4.40 Å². The van der Waals surface area contributed by atoms with E-state index in [9.17, 15) is 8.42 Å². The fourth-order valence-electron chi connectivity index (χ4n) is 2.65. The Morgan fingerprint density at radius 2 is 1.52 bits per heavy atom. The van der Waals surface area contributed by atoms with E-state index in [2.05, 4.69) is 30.4 Å². The van der Waals surface area contributed by atoms with Gasteiger partial charge >= 0.3 is 0 Å². The highest BCUT2D eigenvalue weighted by Crippen LogP contribution is 2.32. The second kappa shape index (κ2) is 6.94. The van der Waals surface area contributed by atoms with E-state index in [1.165, 1.54) is 34.2 Å². The summed E-state index contributed by atoms with van der Waals surface area (Å²) < 4.78 is 28.5. The molecule has 0 unspecified atom stereocenters. The first-order chi connectivity index (χ1) is 11.9. The maximum absolute atomic E-state index is 12.3. The zero-order valence-electron chi connectivity index (χ0n) is 14.4. The second-order valence-electron chi connectivity index (χ2n) is 5.99. The summed E-state index contributed by atoms with van der Waals surface area (Å²) in [5, 5.41) is 0. The number of nitrogens with zero attached hydrogens (tertiary/aromatic N) is 1. The molecule has 0 spiro atoms. The van der Waals surface area contributed by atoms with Crippen molar-refractivity contribution in [2.45, 2.75) is 25.7 Å². The van der Waals surface area contributed by atoms with Crippen molar-refractivity contribution in [2.75, 3.05) is 0 Å². The lowest BCUT2D eigenvalue weighted by molar-refractivity contribution is 0.598. The van der Waals surface area contributed by atoms with Crippen molar-refractivity contribution >= 4 is 27.6 Å². The van der Waals surface area contributed by atoms with Crippen LogP contribution in [-0.4, -0.2) is 14.6 Å². The summed E-state index contributed by atoms with van der Waals surface area (Å²) in [5.41, 5.74) is 4.63. The topological polar surface area (TPSA) is 46.5 Å². The van der Waals surface area contributed by atoms with Crippen molar-refractivity contribution in [3.05, 3.63) is 76.2 Å². The first kappa shape index (κ1) is 17.6. The number of aryl methyl sites for hydroxylation is 3. The van der Waals surface area contributed by atoms with Gasteiger partial charge in [0.2, 0.25) is 0 Å². The van der Waals surface area contributed by atoms with Gasteiger partial charge < -0.3 is 0 Å². The van der Waals surface area contributed by atoms with Crippen molar-refractivity contribution in [3.63, 3.8) is 0 Å². The molecule has 128 valence electrons. The molecule has 0 bridgehead atoms. The Bertz CT molecular complexity index is 1010. The minimum Gasteiger partial charge on any atom is -0.199 e. The van der Waals surface area contributed by atoms with Crippen LogP contribution in [0.3, 0.4) is 0 Å². The highest BCUT2D eigenvalue weighted by molar-refractivity contribution is 7.90. The highest BCUT2D eigenvalue weighted by atomic mass is 32.2. The van der Waals surface area contributed by atoms with Crippen molar-refractivity contribution in [1.29, 1.82) is 0 Å². The van der Waals surface area contributed by atoms with Gasteiger partial charge in [-0.15, -0.1) is 11.3 Å². The first-order valence-corrected chi connectivity index (χ1v) is 10.2. The molecule has 0 saturated heterocycles. The van der Waals surface area contributed by atoms with E-state index in [1.54, 1.807) is 24.3 Å². The molecular formula is C20H19NO2S2. The van der Waals surface area contributed by atoms with E-state index in [4.69, 9.17) is 0 Å². The van der Waals surface area contributed by atoms with E-state index < -0.39 is 10.0 Å². The third kappa shape index (κ3) is 3.89. The monoisotopic (exact) mass is 369 g/mol. The molecular weight excluding hydrogens is 350 g/mol. The Morgan fingerprint density at radius 3 is 2.16 bits per heavy atom. The zero-order valence-corrected chi connectivity index (χ0v) is 16.0. The molecule has 3 aromatic rings. The number of hydrogen-bond acceptors (Lipinski definition) is 3. The highest BCUT2D eigenvalue weighted by Gasteiger charge is 2.12. The Hall–Kier alpha value is -2.24. The van der Waals surface area contributed by atoms with Crippen molar-refractivity contribution in [3.8, 4) is 10.4 Å². The minimum absolute atomic E-state index is 0.209. The summed E-state index contributed by atoms with van der Waals surface area (Å²) in [6.07, 6.45) is 1.43. The van der Waals surface area contributed by atoms with Gasteiger partial charge in [0.05, 0.1) is 11.1 Å². The maximum Gasteiger partial charge on any atom is 0.282 e. The van der Waals surface area contributed by atoms with Crippen LogP contribution < -0.4 is 0 Å². The van der Waals surface area contributed by atoms with Crippen LogP contribution in [0.5, 0.6) is 0 Å². The van der Waals surface area contributed by atoms with Crippen LogP contribution in [0.2, 0.25) is 0 Å². The third-order valence-corrected chi connectivity index (χ3v) is 6.28. The molecule has 3 nitrogen and oxygen atoms in total. The molecule has 5 heteroatoms. The van der Waals surface area contributed by atoms with Crippen molar-refractivity contribution < 1.29 is 8.42 Å². The average molecular weight is 370 g/mol. The Kier molecular flexibility index (Phi) is 4.88. The van der Waals surface area contributed by atoms with Crippen LogP contribution in [0.1, 0.15) is 21.6 Å².